The van der Waals surface area contributed by atoms with E-state index in [1.807, 2.05) is 44.2 Å². The maximum atomic E-state index is 13.5. The second-order valence-corrected chi connectivity index (χ2v) is 9.35. The molecule has 0 spiro atoms. The van der Waals surface area contributed by atoms with Gasteiger partial charge in [0.1, 0.15) is 11.3 Å². The Labute approximate surface area is 221 Å². The normalized spacial score (nSPS) is 11.6. The van der Waals surface area contributed by atoms with Crippen molar-refractivity contribution in [3.8, 4) is 28.8 Å². The molecule has 0 amide bonds. The van der Waals surface area contributed by atoms with Crippen molar-refractivity contribution in [1.29, 1.82) is 0 Å². The Balaban J connectivity index is 1.67. The quantitative estimate of drug-likeness (QED) is 0.218. The maximum absolute atomic E-state index is 13.5. The second kappa shape index (κ2) is 10.1. The van der Waals surface area contributed by atoms with Crippen LogP contribution in [-0.2, 0) is 0 Å². The summed E-state index contributed by atoms with van der Waals surface area (Å²) in [6, 6.07) is 18.1. The zero-order chi connectivity index (χ0) is 26.1. The molecule has 8 nitrogen and oxygen atoms in total. The number of hydrogen-bond donors (Lipinski definition) is 0. The third-order valence-corrected chi connectivity index (χ3v) is 6.23. The van der Waals surface area contributed by atoms with E-state index in [1.165, 1.54) is 4.68 Å². The van der Waals surface area contributed by atoms with E-state index in [2.05, 4.69) is 21.0 Å². The van der Waals surface area contributed by atoms with Crippen molar-refractivity contribution in [3.05, 3.63) is 81.1 Å². The molecule has 3 aromatic carbocycles. The van der Waals surface area contributed by atoms with Crippen LogP contribution >= 0.6 is 15.9 Å². The topological polar surface area (TPSA) is 88.1 Å². The van der Waals surface area contributed by atoms with Gasteiger partial charge in [0.25, 0.3) is 5.56 Å². The molecular weight excluding hydrogens is 538 g/mol. The van der Waals surface area contributed by atoms with Crippen molar-refractivity contribution >= 4 is 44.0 Å². The summed E-state index contributed by atoms with van der Waals surface area (Å²) >= 11 is 3.55. The first-order chi connectivity index (χ1) is 17.9. The number of nitrogens with zero attached hydrogens (tertiary/aromatic N) is 3. The van der Waals surface area contributed by atoms with E-state index in [1.54, 1.807) is 50.8 Å². The first-order valence-electron chi connectivity index (χ1n) is 11.6. The van der Waals surface area contributed by atoms with Gasteiger partial charge in [0.2, 0.25) is 5.82 Å². The Morgan fingerprint density at radius 2 is 1.78 bits per heavy atom. The minimum Gasteiger partial charge on any atom is -0.496 e. The van der Waals surface area contributed by atoms with Crippen LogP contribution in [0, 0.1) is 0 Å². The molecule has 5 rings (SSSR count). The van der Waals surface area contributed by atoms with Gasteiger partial charge in [0.15, 0.2) is 17.3 Å². The lowest BCUT2D eigenvalue weighted by molar-refractivity contribution is 0.228. The Hall–Kier alpha value is -4.11. The highest BCUT2D eigenvalue weighted by Gasteiger charge is 2.18. The minimum atomic E-state index is -0.324. The van der Waals surface area contributed by atoms with Gasteiger partial charge in [-0.1, -0.05) is 18.2 Å². The van der Waals surface area contributed by atoms with Gasteiger partial charge >= 0.3 is 0 Å². The van der Waals surface area contributed by atoms with E-state index in [4.69, 9.17) is 23.6 Å². The lowest BCUT2D eigenvalue weighted by Gasteiger charge is -2.15. The van der Waals surface area contributed by atoms with Gasteiger partial charge < -0.3 is 18.6 Å². The molecule has 9 heteroatoms. The standard InChI is InChI=1S/C28H24BrN3O5/c1-16(2)36-26-20(29)12-17(13-24(26)35-4)15-30-32-27(31-21-9-6-5-8-18(21)28(32)33)25-14-19-22(34-3)10-7-11-23(19)37-25/h5-16H,1-4H3. The summed E-state index contributed by atoms with van der Waals surface area (Å²) in [5, 5.41) is 5.74. The summed E-state index contributed by atoms with van der Waals surface area (Å²) in [6.07, 6.45) is 1.54. The number of aromatic nitrogens is 2. The van der Waals surface area contributed by atoms with Crippen LogP contribution in [-0.4, -0.2) is 36.2 Å². The molecule has 0 aliphatic heterocycles. The molecule has 0 aliphatic rings. The highest BCUT2D eigenvalue weighted by Crippen LogP contribution is 2.37. The number of rotatable bonds is 7. The molecule has 2 heterocycles. The van der Waals surface area contributed by atoms with E-state index in [-0.39, 0.29) is 17.5 Å². The lowest BCUT2D eigenvalue weighted by Crippen LogP contribution is -2.20. The maximum Gasteiger partial charge on any atom is 0.282 e. The van der Waals surface area contributed by atoms with Crippen LogP contribution in [0.25, 0.3) is 33.5 Å². The van der Waals surface area contributed by atoms with Crippen LogP contribution in [0.2, 0.25) is 0 Å². The molecule has 0 radical (unpaired) electrons. The SMILES string of the molecule is COc1cc(C=Nn2c(-c3cc4c(OC)cccc4o3)nc3ccccc3c2=O)cc(Br)c1OC(C)C. The Bertz CT molecular complexity index is 1700. The number of methoxy groups -OCH3 is 2. The van der Waals surface area contributed by atoms with Crippen molar-refractivity contribution in [2.75, 3.05) is 14.2 Å². The fraction of sp³-hybridized carbons (Fsp3) is 0.179. The average molecular weight is 562 g/mol. The van der Waals surface area contributed by atoms with Crippen LogP contribution in [0.4, 0.5) is 0 Å². The number of fused-ring (bicyclic) bond motifs is 2. The molecule has 0 saturated carbocycles. The van der Waals surface area contributed by atoms with Crippen molar-refractivity contribution < 1.29 is 18.6 Å². The van der Waals surface area contributed by atoms with Crippen LogP contribution in [0.5, 0.6) is 17.2 Å². The summed E-state index contributed by atoms with van der Waals surface area (Å²) in [7, 11) is 3.17. The predicted molar refractivity (Wildman–Crippen MR) is 147 cm³/mol. The van der Waals surface area contributed by atoms with Crippen LogP contribution < -0.4 is 19.8 Å². The number of para-hydroxylation sites is 1. The molecule has 0 fully saturated rings. The monoisotopic (exact) mass is 561 g/mol. The first-order valence-corrected chi connectivity index (χ1v) is 12.4. The van der Waals surface area contributed by atoms with E-state index in [9.17, 15) is 4.79 Å². The number of ether oxygens (including phenoxy) is 3. The molecule has 2 aromatic heterocycles. The fourth-order valence-electron chi connectivity index (χ4n) is 4.00. The fourth-order valence-corrected chi connectivity index (χ4v) is 4.55. The lowest BCUT2D eigenvalue weighted by atomic mass is 10.2. The van der Waals surface area contributed by atoms with Crippen LogP contribution in [0.3, 0.4) is 0 Å². The Morgan fingerprint density at radius 1 is 1.00 bits per heavy atom. The Morgan fingerprint density at radius 3 is 2.54 bits per heavy atom. The summed E-state index contributed by atoms with van der Waals surface area (Å²) in [5.41, 5.74) is 1.52. The van der Waals surface area contributed by atoms with Crippen molar-refractivity contribution in [2.45, 2.75) is 20.0 Å². The zero-order valence-electron chi connectivity index (χ0n) is 20.7. The summed E-state index contributed by atoms with van der Waals surface area (Å²) in [6.45, 7) is 3.88. The van der Waals surface area contributed by atoms with Crippen LogP contribution in [0.15, 0.2) is 79.4 Å². The molecule has 0 bridgehead atoms. The summed E-state index contributed by atoms with van der Waals surface area (Å²) < 4.78 is 24.9. The van der Waals surface area contributed by atoms with Gasteiger partial charge in [-0.15, -0.1) is 0 Å². The summed E-state index contributed by atoms with van der Waals surface area (Å²) in [4.78, 5) is 18.3. The van der Waals surface area contributed by atoms with E-state index >= 15 is 0 Å². The molecule has 37 heavy (non-hydrogen) atoms. The van der Waals surface area contributed by atoms with Crippen molar-refractivity contribution in [3.63, 3.8) is 0 Å². The van der Waals surface area contributed by atoms with E-state index in [0.29, 0.717) is 49.5 Å². The third kappa shape index (κ3) is 4.70. The molecular formula is C28H24BrN3O5. The minimum absolute atomic E-state index is 0.0306. The number of hydrogen-bond acceptors (Lipinski definition) is 7. The molecule has 0 atom stereocenters. The van der Waals surface area contributed by atoms with Crippen molar-refractivity contribution in [1.82, 2.24) is 9.66 Å². The van der Waals surface area contributed by atoms with Gasteiger partial charge in [0, 0.05) is 0 Å². The molecule has 5 aromatic rings. The molecule has 0 unspecified atom stereocenters. The largest absolute Gasteiger partial charge is 0.496 e. The smallest absolute Gasteiger partial charge is 0.282 e. The molecule has 0 aliphatic carbocycles. The molecule has 0 N–H and O–H groups in total. The van der Waals surface area contributed by atoms with Crippen LogP contribution in [0.1, 0.15) is 19.4 Å². The molecule has 0 saturated heterocycles. The first kappa shape index (κ1) is 24.6. The van der Waals surface area contributed by atoms with E-state index < -0.39 is 0 Å². The van der Waals surface area contributed by atoms with Gasteiger partial charge in [-0.05, 0) is 77.8 Å². The number of halogens is 1. The Kier molecular flexibility index (Phi) is 6.71. The number of benzene rings is 3. The zero-order valence-corrected chi connectivity index (χ0v) is 22.3. The predicted octanol–water partition coefficient (Wildman–Crippen LogP) is 6.26. The average Bonchev–Trinajstić information content (AvgIpc) is 3.33. The van der Waals surface area contributed by atoms with Gasteiger partial charge in [-0.25, -0.2) is 4.98 Å². The van der Waals surface area contributed by atoms with Gasteiger partial charge in [-0.3, -0.25) is 4.79 Å². The number of furan rings is 1. The van der Waals surface area contributed by atoms with Gasteiger partial charge in [0.05, 0.1) is 47.3 Å². The second-order valence-electron chi connectivity index (χ2n) is 8.50. The van der Waals surface area contributed by atoms with E-state index in [0.717, 1.165) is 5.39 Å². The third-order valence-electron chi connectivity index (χ3n) is 5.64. The molecule has 188 valence electrons. The highest BCUT2D eigenvalue weighted by molar-refractivity contribution is 9.10. The summed E-state index contributed by atoms with van der Waals surface area (Å²) in [5.74, 6) is 2.45. The highest BCUT2D eigenvalue weighted by atomic mass is 79.9. The van der Waals surface area contributed by atoms with Crippen molar-refractivity contribution in [2.24, 2.45) is 5.10 Å². The van der Waals surface area contributed by atoms with Gasteiger partial charge in [-0.2, -0.15) is 9.78 Å².